The lowest BCUT2D eigenvalue weighted by Crippen LogP contribution is -2.55. The molecular formula is C39H62N10O15. The van der Waals surface area contributed by atoms with Crippen molar-refractivity contribution < 1.29 is 72.7 Å². The van der Waals surface area contributed by atoms with Crippen LogP contribution in [0.25, 0.3) is 0 Å². The maximum atomic E-state index is 13.0. The summed E-state index contributed by atoms with van der Waals surface area (Å²) in [5, 5.41) is 43.6. The number of carbonyl (C=O) groups excluding carboxylic acids is 7. The zero-order valence-corrected chi connectivity index (χ0v) is 35.7. The predicted octanol–water partition coefficient (Wildman–Crippen LogP) is -4.24. The van der Waals surface area contributed by atoms with Crippen LogP contribution < -0.4 is 48.7 Å². The van der Waals surface area contributed by atoms with E-state index in [0.717, 1.165) is 25.7 Å². The highest BCUT2D eigenvalue weighted by Gasteiger charge is 2.49. The molecule has 5 atom stereocenters. The number of fused-ring (bicyclic) bond motifs is 1. The number of nitrogens with one attached hydrogen (secondary N) is 7. The summed E-state index contributed by atoms with van der Waals surface area (Å²) in [6, 6.07) is -4.81. The number of aliphatic carboxylic acids is 2. The van der Waals surface area contributed by atoms with Gasteiger partial charge in [-0.1, -0.05) is 0 Å². The number of carbonyl (C=O) groups is 9. The van der Waals surface area contributed by atoms with Gasteiger partial charge < -0.3 is 78.2 Å². The van der Waals surface area contributed by atoms with E-state index >= 15 is 0 Å². The number of rotatable bonds is 32. The van der Waals surface area contributed by atoms with Gasteiger partial charge in [0.15, 0.2) is 5.96 Å². The Bertz CT molecular complexity index is 1670. The molecule has 0 bridgehead atoms. The molecule has 0 spiro atoms. The number of hydrogen-bond acceptors (Lipinski definition) is 14. The van der Waals surface area contributed by atoms with E-state index in [1.165, 1.54) is 0 Å². The SMILES string of the molecule is NC(N)=NCCCC(NC(=O)CNC(=O)CCCC(=O)NCCOCCOCCNC(=O)OCC1C2CCC#CCCC21)C(=O)NCC(=O)NC(CC(=O)O)C(=O)NC(CO)C(=O)O. The third-order valence-electron chi connectivity index (χ3n) is 9.80. The number of aliphatic imine (C=N–C) groups is 1. The van der Waals surface area contributed by atoms with Crippen LogP contribution in [0.2, 0.25) is 0 Å². The summed E-state index contributed by atoms with van der Waals surface area (Å²) < 4.78 is 16.2. The minimum absolute atomic E-state index is 0.0216. The number of carboxylic acid groups (broad SMARTS) is 2. The van der Waals surface area contributed by atoms with Crippen molar-refractivity contribution in [3.8, 4) is 11.8 Å². The molecule has 5 unspecified atom stereocenters. The Morgan fingerprint density at radius 1 is 0.672 bits per heavy atom. The number of nitrogens with two attached hydrogens (primary N) is 2. The number of alkyl carbamates (subject to hydrolysis) is 1. The number of hydrogen-bond donors (Lipinski definition) is 12. The standard InChI is InChI=1S/C39H62N10O15/c40-38(41)43-12-6-9-27(35(57)46-21-33(54)48-28(19-34(55)56)36(58)49-29(22-50)37(59)60)47-32(53)20-45-31(52)11-5-10-30(51)42-13-15-62-17-18-63-16-14-44-39(61)64-23-26-24-7-3-1-2-4-8-25(24)26/h24-29,50H,3-23H2,(H,42,51)(H,44,61)(H,45,52)(H,46,57)(H,47,53)(H,48,54)(H,49,58)(H,55,56)(H,59,60)(H4,40,41,43). The molecule has 0 aliphatic heterocycles. The third kappa shape index (κ3) is 23.8. The molecule has 25 heteroatoms. The molecule has 25 nitrogen and oxygen atoms in total. The first-order valence-corrected chi connectivity index (χ1v) is 20.9. The van der Waals surface area contributed by atoms with Gasteiger partial charge in [-0.15, -0.1) is 11.8 Å². The molecular weight excluding hydrogens is 848 g/mol. The van der Waals surface area contributed by atoms with Crippen LogP contribution in [0.5, 0.6) is 0 Å². The van der Waals surface area contributed by atoms with E-state index in [0.29, 0.717) is 30.9 Å². The monoisotopic (exact) mass is 910 g/mol. The second-order valence-electron chi connectivity index (χ2n) is 14.7. The largest absolute Gasteiger partial charge is 0.481 e. The highest BCUT2D eigenvalue weighted by molar-refractivity contribution is 5.95. The fourth-order valence-corrected chi connectivity index (χ4v) is 6.48. The number of aliphatic hydroxyl groups excluding tert-OH is 1. The summed E-state index contributed by atoms with van der Waals surface area (Å²) in [5.41, 5.74) is 10.6. The fourth-order valence-electron chi connectivity index (χ4n) is 6.48. The molecule has 64 heavy (non-hydrogen) atoms. The predicted molar refractivity (Wildman–Crippen MR) is 223 cm³/mol. The minimum atomic E-state index is -1.77. The average Bonchev–Trinajstić information content (AvgIpc) is 3.89. The fraction of sp³-hybridized carbons (Fsp3) is 0.692. The first-order valence-electron chi connectivity index (χ1n) is 20.9. The van der Waals surface area contributed by atoms with Crippen LogP contribution in [0.4, 0.5) is 4.79 Å². The van der Waals surface area contributed by atoms with Crippen LogP contribution >= 0.6 is 0 Å². The van der Waals surface area contributed by atoms with Crippen molar-refractivity contribution in [2.45, 2.75) is 82.3 Å². The third-order valence-corrected chi connectivity index (χ3v) is 9.80. The summed E-state index contributed by atoms with van der Waals surface area (Å²) in [6.45, 7) is -0.286. The van der Waals surface area contributed by atoms with Crippen LogP contribution in [-0.2, 0) is 52.6 Å². The van der Waals surface area contributed by atoms with Gasteiger partial charge in [0.25, 0.3) is 0 Å². The van der Waals surface area contributed by atoms with Crippen LogP contribution in [-0.4, -0.2) is 165 Å². The quantitative estimate of drug-likeness (QED) is 0.0132. The van der Waals surface area contributed by atoms with Crippen LogP contribution in [0, 0.1) is 29.6 Å². The Hall–Kier alpha value is -6.26. The van der Waals surface area contributed by atoms with Gasteiger partial charge in [-0.25, -0.2) is 9.59 Å². The molecule has 7 amide bonds. The van der Waals surface area contributed by atoms with Gasteiger partial charge >= 0.3 is 18.0 Å². The molecule has 2 aliphatic rings. The lowest BCUT2D eigenvalue weighted by molar-refractivity contribution is -0.144. The van der Waals surface area contributed by atoms with Gasteiger partial charge in [0.05, 0.1) is 59.2 Å². The highest BCUT2D eigenvalue weighted by Crippen LogP contribution is 2.52. The maximum Gasteiger partial charge on any atom is 0.407 e. The van der Waals surface area contributed by atoms with E-state index < -0.39 is 91.8 Å². The molecule has 0 aromatic heterocycles. The zero-order valence-electron chi connectivity index (χ0n) is 35.7. The summed E-state index contributed by atoms with van der Waals surface area (Å²) in [6.07, 6.45) is 2.76. The van der Waals surface area contributed by atoms with Crippen LogP contribution in [0.1, 0.15) is 64.2 Å². The first kappa shape index (κ1) is 53.9. The Kier molecular flexibility index (Phi) is 25.9. The normalized spacial score (nSPS) is 17.3. The van der Waals surface area contributed by atoms with Gasteiger partial charge in [-0.3, -0.25) is 38.6 Å². The molecule has 0 heterocycles. The number of ether oxygens (including phenoxy) is 3. The lowest BCUT2D eigenvalue weighted by Gasteiger charge is -2.21. The zero-order chi connectivity index (χ0) is 47.3. The summed E-state index contributed by atoms with van der Waals surface area (Å²) in [7, 11) is 0. The molecule has 0 aromatic carbocycles. The molecule has 0 aromatic rings. The smallest absolute Gasteiger partial charge is 0.407 e. The van der Waals surface area contributed by atoms with Crippen molar-refractivity contribution >= 4 is 59.4 Å². The first-order chi connectivity index (χ1) is 30.6. The van der Waals surface area contributed by atoms with Gasteiger partial charge in [-0.05, 0) is 49.9 Å². The Labute approximate surface area is 369 Å². The second kappa shape index (κ2) is 30.7. The number of carboxylic acids is 2. The molecule has 2 rings (SSSR count). The van der Waals surface area contributed by atoms with Crippen molar-refractivity contribution in [3.05, 3.63) is 0 Å². The van der Waals surface area contributed by atoms with Crippen LogP contribution in [0.15, 0.2) is 4.99 Å². The van der Waals surface area contributed by atoms with E-state index in [1.54, 1.807) is 0 Å². The van der Waals surface area contributed by atoms with E-state index in [2.05, 4.69) is 48.7 Å². The molecule has 1 fully saturated rings. The second-order valence-corrected chi connectivity index (χ2v) is 14.7. The molecule has 1 saturated carbocycles. The number of amides is 7. The van der Waals surface area contributed by atoms with Crippen molar-refractivity contribution in [2.75, 3.05) is 72.4 Å². The van der Waals surface area contributed by atoms with E-state index in [4.69, 9.17) is 41.0 Å². The van der Waals surface area contributed by atoms with Crippen molar-refractivity contribution in [1.29, 1.82) is 0 Å². The molecule has 358 valence electrons. The lowest BCUT2D eigenvalue weighted by atomic mass is 10.1. The van der Waals surface area contributed by atoms with E-state index in [1.807, 2.05) is 5.32 Å². The summed E-state index contributed by atoms with van der Waals surface area (Å²) >= 11 is 0. The van der Waals surface area contributed by atoms with Crippen LogP contribution in [0.3, 0.4) is 0 Å². The molecule has 0 saturated heterocycles. The van der Waals surface area contributed by atoms with Crippen molar-refractivity contribution in [3.63, 3.8) is 0 Å². The Morgan fingerprint density at radius 2 is 1.25 bits per heavy atom. The number of nitrogens with zero attached hydrogens (tertiary/aromatic N) is 1. The van der Waals surface area contributed by atoms with Gasteiger partial charge in [0, 0.05) is 45.3 Å². The Balaban J connectivity index is 1.59. The summed E-state index contributed by atoms with van der Waals surface area (Å²) in [4.78, 5) is 113. The van der Waals surface area contributed by atoms with Gasteiger partial charge in [0.1, 0.15) is 18.1 Å². The molecule has 2 aliphatic carbocycles. The maximum absolute atomic E-state index is 13.0. The molecule has 0 radical (unpaired) electrons. The Morgan fingerprint density at radius 3 is 1.83 bits per heavy atom. The van der Waals surface area contributed by atoms with Gasteiger partial charge in [0.2, 0.25) is 35.4 Å². The van der Waals surface area contributed by atoms with Crippen molar-refractivity contribution in [2.24, 2.45) is 34.2 Å². The summed E-state index contributed by atoms with van der Waals surface area (Å²) in [5.74, 6) is -0.179. The van der Waals surface area contributed by atoms with E-state index in [-0.39, 0.29) is 83.5 Å². The van der Waals surface area contributed by atoms with Crippen molar-refractivity contribution in [1.82, 2.24) is 37.2 Å². The number of aliphatic hydroxyl groups is 1. The number of guanidine groups is 1. The molecule has 14 N–H and O–H groups in total. The van der Waals surface area contributed by atoms with Gasteiger partial charge in [-0.2, -0.15) is 0 Å². The van der Waals surface area contributed by atoms with E-state index in [9.17, 15) is 43.2 Å². The topological polar surface area (TPSA) is 391 Å². The average molecular weight is 911 g/mol. The highest BCUT2D eigenvalue weighted by atomic mass is 16.6. The minimum Gasteiger partial charge on any atom is -0.481 e.